The van der Waals surface area contributed by atoms with Gasteiger partial charge in [-0.25, -0.2) is 9.78 Å². The third kappa shape index (κ3) is 3.74. The Bertz CT molecular complexity index is 1030. The summed E-state index contributed by atoms with van der Waals surface area (Å²) >= 11 is 2.94. The van der Waals surface area contributed by atoms with Crippen molar-refractivity contribution >= 4 is 39.6 Å². The first kappa shape index (κ1) is 18.9. The van der Waals surface area contributed by atoms with Crippen LogP contribution in [0, 0.1) is 26.7 Å². The first-order valence-corrected chi connectivity index (χ1v) is 10.7. The molecule has 8 heteroatoms. The number of oxazole rings is 1. The van der Waals surface area contributed by atoms with Crippen LogP contribution in [-0.4, -0.2) is 16.9 Å². The number of nitrogens with one attached hydrogen (secondary N) is 1. The molecule has 3 aromatic rings. The fourth-order valence-corrected chi connectivity index (χ4v) is 4.49. The summed E-state index contributed by atoms with van der Waals surface area (Å²) in [4.78, 5) is 31.3. The van der Waals surface area contributed by atoms with Gasteiger partial charge in [0.25, 0.3) is 0 Å². The van der Waals surface area contributed by atoms with Crippen LogP contribution in [0.3, 0.4) is 0 Å². The Morgan fingerprint density at radius 2 is 2.11 bits per heavy atom. The Kier molecular flexibility index (Phi) is 5.07. The van der Waals surface area contributed by atoms with Gasteiger partial charge in [-0.2, -0.15) is 0 Å². The van der Waals surface area contributed by atoms with Crippen molar-refractivity contribution in [1.29, 1.82) is 0 Å². The van der Waals surface area contributed by atoms with E-state index in [-0.39, 0.29) is 18.4 Å². The maximum atomic E-state index is 12.8. The molecule has 1 fully saturated rings. The van der Waals surface area contributed by atoms with Gasteiger partial charge in [0.05, 0.1) is 10.4 Å². The number of carbonyl (C=O) groups excluding carboxylic acids is 2. The smallest absolute Gasteiger partial charge is 0.341 e. The van der Waals surface area contributed by atoms with Crippen molar-refractivity contribution in [3.8, 4) is 10.8 Å². The number of aryl methyl sites for hydroxylation is 2. The molecule has 1 amide bonds. The predicted molar refractivity (Wildman–Crippen MR) is 109 cm³/mol. The number of carbonyl (C=O) groups is 2. The van der Waals surface area contributed by atoms with E-state index < -0.39 is 5.97 Å². The van der Waals surface area contributed by atoms with Crippen molar-refractivity contribution in [3.05, 3.63) is 45.0 Å². The van der Waals surface area contributed by atoms with Gasteiger partial charge in [0.2, 0.25) is 11.8 Å². The first-order valence-electron chi connectivity index (χ1n) is 9.02. The van der Waals surface area contributed by atoms with Gasteiger partial charge in [0.15, 0.2) is 0 Å². The SMILES string of the molecule is Cc1oc(-c2cccs2)nc1COC(=O)c1c(NC(=O)C2CC2)sc(C)c1C. The van der Waals surface area contributed by atoms with Crippen molar-refractivity contribution in [3.63, 3.8) is 0 Å². The number of anilines is 1. The molecule has 1 N–H and O–H groups in total. The van der Waals surface area contributed by atoms with Crippen LogP contribution in [0.15, 0.2) is 21.9 Å². The Balaban J connectivity index is 1.49. The summed E-state index contributed by atoms with van der Waals surface area (Å²) in [6, 6.07) is 3.86. The highest BCUT2D eigenvalue weighted by atomic mass is 32.1. The predicted octanol–water partition coefficient (Wildman–Crippen LogP) is 5.10. The van der Waals surface area contributed by atoms with Gasteiger partial charge >= 0.3 is 5.97 Å². The molecule has 0 spiro atoms. The molecule has 0 aromatic carbocycles. The fourth-order valence-electron chi connectivity index (χ4n) is 2.79. The molecule has 0 atom stereocenters. The molecule has 0 bridgehead atoms. The Hall–Kier alpha value is -2.45. The summed E-state index contributed by atoms with van der Waals surface area (Å²) in [6.45, 7) is 5.61. The molecule has 146 valence electrons. The number of thiophene rings is 2. The second-order valence-corrected chi connectivity index (χ2v) is 9.00. The largest absolute Gasteiger partial charge is 0.455 e. The summed E-state index contributed by atoms with van der Waals surface area (Å²) in [7, 11) is 0. The number of rotatable bonds is 6. The number of hydrogen-bond donors (Lipinski definition) is 1. The molecule has 0 aliphatic heterocycles. The van der Waals surface area contributed by atoms with Crippen LogP contribution < -0.4 is 5.32 Å². The number of aromatic nitrogens is 1. The topological polar surface area (TPSA) is 81.4 Å². The monoisotopic (exact) mass is 416 g/mol. The van der Waals surface area contributed by atoms with E-state index in [0.29, 0.717) is 27.9 Å². The van der Waals surface area contributed by atoms with E-state index in [1.807, 2.05) is 31.4 Å². The number of amides is 1. The zero-order valence-electron chi connectivity index (χ0n) is 15.8. The quantitative estimate of drug-likeness (QED) is 0.566. The van der Waals surface area contributed by atoms with E-state index >= 15 is 0 Å². The number of ether oxygens (including phenoxy) is 1. The van der Waals surface area contributed by atoms with Crippen molar-refractivity contribution in [2.75, 3.05) is 5.32 Å². The normalized spacial score (nSPS) is 13.5. The molecule has 1 aliphatic carbocycles. The standard InChI is InChI=1S/C20H20N2O4S2/c1-10-12(3)28-19(22-17(23)13-6-7-13)16(10)20(24)25-9-14-11(2)26-18(21-14)15-5-4-8-27-15/h4-5,8,13H,6-7,9H2,1-3H3,(H,22,23). The highest BCUT2D eigenvalue weighted by molar-refractivity contribution is 7.16. The van der Waals surface area contributed by atoms with Crippen LogP contribution in [0.4, 0.5) is 5.00 Å². The van der Waals surface area contributed by atoms with E-state index in [4.69, 9.17) is 9.15 Å². The minimum Gasteiger partial charge on any atom is -0.455 e. The molecule has 1 saturated carbocycles. The minimum absolute atomic E-state index is 0.0177. The van der Waals surface area contributed by atoms with Crippen LogP contribution >= 0.6 is 22.7 Å². The Labute approximate surface area is 170 Å². The molecule has 6 nitrogen and oxygen atoms in total. The van der Waals surface area contributed by atoms with Crippen LogP contribution in [0.2, 0.25) is 0 Å². The molecule has 3 heterocycles. The zero-order valence-corrected chi connectivity index (χ0v) is 17.5. The molecule has 0 unspecified atom stereocenters. The summed E-state index contributed by atoms with van der Waals surface area (Å²) in [5, 5.41) is 5.41. The van der Waals surface area contributed by atoms with Crippen LogP contribution in [-0.2, 0) is 16.1 Å². The van der Waals surface area contributed by atoms with Crippen LogP contribution in [0.1, 0.15) is 45.1 Å². The summed E-state index contributed by atoms with van der Waals surface area (Å²) in [5.41, 5.74) is 1.85. The third-order valence-electron chi connectivity index (χ3n) is 4.74. The number of nitrogens with zero attached hydrogens (tertiary/aromatic N) is 1. The first-order chi connectivity index (χ1) is 13.4. The summed E-state index contributed by atoms with van der Waals surface area (Å²) in [5.74, 6) is 0.728. The van der Waals surface area contributed by atoms with Gasteiger partial charge < -0.3 is 14.5 Å². The van der Waals surface area contributed by atoms with Crippen LogP contribution in [0.25, 0.3) is 10.8 Å². The highest BCUT2D eigenvalue weighted by Gasteiger charge is 2.31. The van der Waals surface area contributed by atoms with Gasteiger partial charge in [0, 0.05) is 10.8 Å². The number of esters is 1. The molecule has 0 radical (unpaired) electrons. The molecular formula is C20H20N2O4S2. The Morgan fingerprint density at radius 3 is 2.79 bits per heavy atom. The van der Waals surface area contributed by atoms with E-state index in [0.717, 1.165) is 28.2 Å². The Morgan fingerprint density at radius 1 is 1.32 bits per heavy atom. The lowest BCUT2D eigenvalue weighted by molar-refractivity contribution is -0.117. The molecule has 3 aromatic heterocycles. The molecule has 0 saturated heterocycles. The molecule has 28 heavy (non-hydrogen) atoms. The van der Waals surface area contributed by atoms with Crippen molar-refractivity contribution in [2.45, 2.75) is 40.2 Å². The summed E-state index contributed by atoms with van der Waals surface area (Å²) in [6.07, 6.45) is 1.82. The highest BCUT2D eigenvalue weighted by Crippen LogP contribution is 2.36. The van der Waals surface area contributed by atoms with Crippen molar-refractivity contribution in [2.24, 2.45) is 5.92 Å². The number of hydrogen-bond acceptors (Lipinski definition) is 7. The van der Waals surface area contributed by atoms with E-state index in [1.165, 1.54) is 22.7 Å². The van der Waals surface area contributed by atoms with Gasteiger partial charge in [-0.3, -0.25) is 4.79 Å². The van der Waals surface area contributed by atoms with Gasteiger partial charge in [-0.05, 0) is 50.6 Å². The lowest BCUT2D eigenvalue weighted by Crippen LogP contribution is -2.16. The average molecular weight is 417 g/mol. The van der Waals surface area contributed by atoms with E-state index in [2.05, 4.69) is 10.3 Å². The molecular weight excluding hydrogens is 396 g/mol. The minimum atomic E-state index is -0.465. The maximum absolute atomic E-state index is 12.8. The van der Waals surface area contributed by atoms with E-state index in [1.54, 1.807) is 6.92 Å². The van der Waals surface area contributed by atoms with E-state index in [9.17, 15) is 9.59 Å². The lowest BCUT2D eigenvalue weighted by atomic mass is 10.1. The summed E-state index contributed by atoms with van der Waals surface area (Å²) < 4.78 is 11.2. The van der Waals surface area contributed by atoms with Gasteiger partial charge in [0.1, 0.15) is 23.1 Å². The third-order valence-corrected chi connectivity index (χ3v) is 6.72. The van der Waals surface area contributed by atoms with Gasteiger partial charge in [-0.1, -0.05) is 6.07 Å². The fraction of sp³-hybridized carbons (Fsp3) is 0.350. The maximum Gasteiger partial charge on any atom is 0.341 e. The zero-order chi connectivity index (χ0) is 19.8. The van der Waals surface area contributed by atoms with Gasteiger partial charge in [-0.15, -0.1) is 22.7 Å². The molecule has 1 aliphatic rings. The average Bonchev–Trinajstić information content (AvgIpc) is 3.12. The lowest BCUT2D eigenvalue weighted by Gasteiger charge is -2.07. The second kappa shape index (κ2) is 7.52. The van der Waals surface area contributed by atoms with Crippen molar-refractivity contribution < 1.29 is 18.7 Å². The van der Waals surface area contributed by atoms with Crippen molar-refractivity contribution in [1.82, 2.24) is 4.98 Å². The van der Waals surface area contributed by atoms with Crippen LogP contribution in [0.5, 0.6) is 0 Å². The second-order valence-electron chi connectivity index (χ2n) is 6.83. The molecule has 4 rings (SSSR count).